The first-order valence-electron chi connectivity index (χ1n) is 7.67. The lowest BCUT2D eigenvalue weighted by Gasteiger charge is -2.18. The SMILES string of the molecule is COc1ccc(C)cc1S(=O)(=O)N(C)CC(=O)N/N=C/c1ccncc1. The molecule has 0 bridgehead atoms. The van der Waals surface area contributed by atoms with Crippen LogP contribution in [0.25, 0.3) is 0 Å². The highest BCUT2D eigenvalue weighted by molar-refractivity contribution is 7.89. The normalized spacial score (nSPS) is 11.7. The molecule has 0 fully saturated rings. The molecule has 1 aromatic heterocycles. The van der Waals surface area contributed by atoms with E-state index in [9.17, 15) is 13.2 Å². The van der Waals surface area contributed by atoms with Gasteiger partial charge >= 0.3 is 0 Å². The third-order valence-corrected chi connectivity index (χ3v) is 5.31. The first kappa shape index (κ1) is 19.5. The summed E-state index contributed by atoms with van der Waals surface area (Å²) in [6, 6.07) is 8.27. The number of hydrogen-bond donors (Lipinski definition) is 1. The molecule has 1 amide bonds. The molecule has 138 valence electrons. The minimum atomic E-state index is -3.89. The van der Waals surface area contributed by atoms with Gasteiger partial charge in [0.2, 0.25) is 10.0 Å². The number of benzene rings is 1. The summed E-state index contributed by atoms with van der Waals surface area (Å²) in [7, 11) is -1.17. The Morgan fingerprint density at radius 1 is 1.31 bits per heavy atom. The van der Waals surface area contributed by atoms with Gasteiger partial charge in [0.05, 0.1) is 19.9 Å². The second kappa shape index (κ2) is 8.54. The predicted molar refractivity (Wildman–Crippen MR) is 97.5 cm³/mol. The second-order valence-corrected chi connectivity index (χ2v) is 7.50. The van der Waals surface area contributed by atoms with E-state index in [1.54, 1.807) is 43.6 Å². The highest BCUT2D eigenvalue weighted by Crippen LogP contribution is 2.26. The van der Waals surface area contributed by atoms with E-state index in [0.717, 1.165) is 15.4 Å². The van der Waals surface area contributed by atoms with Gasteiger partial charge in [-0.25, -0.2) is 13.8 Å². The maximum atomic E-state index is 12.7. The van der Waals surface area contributed by atoms with Crippen molar-refractivity contribution in [3.63, 3.8) is 0 Å². The lowest BCUT2D eigenvalue weighted by molar-refractivity contribution is -0.121. The van der Waals surface area contributed by atoms with E-state index in [2.05, 4.69) is 15.5 Å². The molecule has 0 unspecified atom stereocenters. The van der Waals surface area contributed by atoms with Crippen LogP contribution in [0, 0.1) is 6.92 Å². The van der Waals surface area contributed by atoms with Crippen molar-refractivity contribution in [1.29, 1.82) is 0 Å². The number of nitrogens with zero attached hydrogens (tertiary/aromatic N) is 3. The third kappa shape index (κ3) is 4.87. The molecule has 26 heavy (non-hydrogen) atoms. The van der Waals surface area contributed by atoms with Crippen molar-refractivity contribution >= 4 is 22.1 Å². The Morgan fingerprint density at radius 2 is 2.00 bits per heavy atom. The number of methoxy groups -OCH3 is 1. The molecular weight excluding hydrogens is 356 g/mol. The van der Waals surface area contributed by atoms with Gasteiger partial charge in [0.1, 0.15) is 10.6 Å². The average Bonchev–Trinajstić information content (AvgIpc) is 2.62. The first-order valence-corrected chi connectivity index (χ1v) is 9.11. The summed E-state index contributed by atoms with van der Waals surface area (Å²) in [5, 5.41) is 3.80. The molecule has 0 aliphatic heterocycles. The lowest BCUT2D eigenvalue weighted by Crippen LogP contribution is -2.36. The van der Waals surface area contributed by atoms with Crippen molar-refractivity contribution in [3.05, 3.63) is 53.9 Å². The van der Waals surface area contributed by atoms with E-state index in [-0.39, 0.29) is 17.2 Å². The van der Waals surface area contributed by atoms with Gasteiger partial charge in [-0.2, -0.15) is 9.41 Å². The van der Waals surface area contributed by atoms with Gasteiger partial charge in [0.25, 0.3) is 5.91 Å². The van der Waals surface area contributed by atoms with Gasteiger partial charge in [0, 0.05) is 19.4 Å². The molecule has 1 N–H and O–H groups in total. The summed E-state index contributed by atoms with van der Waals surface area (Å²) in [5.74, 6) is -0.341. The van der Waals surface area contributed by atoms with E-state index in [1.165, 1.54) is 26.4 Å². The zero-order chi connectivity index (χ0) is 19.2. The van der Waals surface area contributed by atoms with E-state index in [1.807, 2.05) is 0 Å². The summed E-state index contributed by atoms with van der Waals surface area (Å²) in [5.41, 5.74) is 3.82. The largest absolute Gasteiger partial charge is 0.495 e. The Bertz CT molecular complexity index is 898. The van der Waals surface area contributed by atoms with Gasteiger partial charge in [-0.15, -0.1) is 0 Å². The maximum Gasteiger partial charge on any atom is 0.255 e. The molecule has 1 aromatic carbocycles. The van der Waals surface area contributed by atoms with Crippen LogP contribution in [0.4, 0.5) is 0 Å². The predicted octanol–water partition coefficient (Wildman–Crippen LogP) is 1.17. The Balaban J connectivity index is 2.06. The van der Waals surface area contributed by atoms with Gasteiger partial charge in [-0.1, -0.05) is 6.07 Å². The van der Waals surface area contributed by atoms with Crippen LogP contribution in [0.1, 0.15) is 11.1 Å². The smallest absolute Gasteiger partial charge is 0.255 e. The Labute approximate surface area is 152 Å². The molecule has 0 saturated heterocycles. The quantitative estimate of drug-likeness (QED) is 0.577. The molecule has 0 aliphatic carbocycles. The molecule has 1 heterocycles. The highest BCUT2D eigenvalue weighted by Gasteiger charge is 2.26. The monoisotopic (exact) mass is 376 g/mol. The summed E-state index contributed by atoms with van der Waals surface area (Å²) in [6.45, 7) is 1.39. The summed E-state index contributed by atoms with van der Waals surface area (Å²) < 4.78 is 31.5. The fraction of sp³-hybridized carbons (Fsp3) is 0.235. The molecule has 8 nitrogen and oxygen atoms in total. The number of carbonyl (C=O) groups excluding carboxylic acids is 1. The van der Waals surface area contributed by atoms with Crippen LogP contribution in [0.2, 0.25) is 0 Å². The highest BCUT2D eigenvalue weighted by atomic mass is 32.2. The van der Waals surface area contributed by atoms with Crippen molar-refractivity contribution in [2.75, 3.05) is 20.7 Å². The molecule has 2 rings (SSSR count). The van der Waals surface area contributed by atoms with Gasteiger partial charge in [-0.3, -0.25) is 9.78 Å². The number of likely N-dealkylation sites (N-methyl/N-ethyl adjacent to an activating group) is 1. The number of ether oxygens (including phenoxy) is 1. The summed E-state index contributed by atoms with van der Waals surface area (Å²) in [4.78, 5) is 15.8. The fourth-order valence-corrected chi connectivity index (χ4v) is 3.47. The van der Waals surface area contributed by atoms with E-state index in [0.29, 0.717) is 0 Å². The molecule has 0 saturated carbocycles. The van der Waals surface area contributed by atoms with Crippen LogP contribution >= 0.6 is 0 Å². The Hall–Kier alpha value is -2.78. The molecular formula is C17H20N4O4S. The number of sulfonamides is 1. The van der Waals surface area contributed by atoms with Gasteiger partial charge < -0.3 is 4.74 Å². The van der Waals surface area contributed by atoms with Crippen LogP contribution in [-0.2, 0) is 14.8 Å². The molecule has 9 heteroatoms. The maximum absolute atomic E-state index is 12.7. The third-order valence-electron chi connectivity index (χ3n) is 3.48. The van der Waals surface area contributed by atoms with Crippen molar-refractivity contribution in [3.8, 4) is 5.75 Å². The lowest BCUT2D eigenvalue weighted by atomic mass is 10.2. The molecule has 0 atom stereocenters. The topological polar surface area (TPSA) is 101 Å². The standard InChI is InChI=1S/C17H20N4O4S/c1-13-4-5-15(25-3)16(10-13)26(23,24)21(2)12-17(22)20-19-11-14-6-8-18-9-7-14/h4-11H,12H2,1-3H3,(H,20,22)/b19-11+. The van der Waals surface area contributed by atoms with Gasteiger partial charge in [-0.05, 0) is 42.3 Å². The second-order valence-electron chi connectivity index (χ2n) is 5.49. The van der Waals surface area contributed by atoms with Gasteiger partial charge in [0.15, 0.2) is 0 Å². The van der Waals surface area contributed by atoms with Crippen LogP contribution in [-0.4, -0.2) is 50.5 Å². The molecule has 0 radical (unpaired) electrons. The molecule has 0 spiro atoms. The number of nitrogens with one attached hydrogen (secondary N) is 1. The number of hydrazone groups is 1. The number of amides is 1. The minimum Gasteiger partial charge on any atom is -0.495 e. The fourth-order valence-electron chi connectivity index (χ4n) is 2.10. The summed E-state index contributed by atoms with van der Waals surface area (Å²) in [6.07, 6.45) is 4.63. The Morgan fingerprint density at radius 3 is 2.65 bits per heavy atom. The number of hydrogen-bond acceptors (Lipinski definition) is 6. The molecule has 2 aromatic rings. The number of aromatic nitrogens is 1. The van der Waals surface area contributed by atoms with Crippen LogP contribution in [0.5, 0.6) is 5.75 Å². The zero-order valence-electron chi connectivity index (χ0n) is 14.7. The number of aryl methyl sites for hydroxylation is 1. The van der Waals surface area contributed by atoms with Crippen molar-refractivity contribution in [2.24, 2.45) is 5.10 Å². The number of rotatable bonds is 7. The minimum absolute atomic E-state index is 0.00980. The van der Waals surface area contributed by atoms with Crippen LogP contribution in [0.3, 0.4) is 0 Å². The summed E-state index contributed by atoms with van der Waals surface area (Å²) >= 11 is 0. The van der Waals surface area contributed by atoms with Crippen LogP contribution < -0.4 is 10.2 Å². The number of carbonyl (C=O) groups is 1. The van der Waals surface area contributed by atoms with Crippen LogP contribution in [0.15, 0.2) is 52.7 Å². The number of pyridine rings is 1. The van der Waals surface area contributed by atoms with E-state index in [4.69, 9.17) is 4.74 Å². The van der Waals surface area contributed by atoms with Crippen molar-refractivity contribution < 1.29 is 17.9 Å². The van der Waals surface area contributed by atoms with Crippen molar-refractivity contribution in [1.82, 2.24) is 14.7 Å². The van der Waals surface area contributed by atoms with Crippen molar-refractivity contribution in [2.45, 2.75) is 11.8 Å². The zero-order valence-corrected chi connectivity index (χ0v) is 15.5. The van der Waals surface area contributed by atoms with E-state index >= 15 is 0 Å². The van der Waals surface area contributed by atoms with E-state index < -0.39 is 15.9 Å². The average molecular weight is 376 g/mol. The molecule has 0 aliphatic rings. The Kier molecular flexibility index (Phi) is 6.42. The first-order chi connectivity index (χ1) is 12.3.